The molecular weight excluding hydrogens is 250 g/mol. The van der Waals surface area contributed by atoms with Gasteiger partial charge in [0.15, 0.2) is 18.2 Å². The fraction of sp³-hybridized carbons (Fsp3) is 0.727. The lowest BCUT2D eigenvalue weighted by atomic mass is 10.1. The molecule has 0 radical (unpaired) electrons. The molecule has 0 aromatic rings. The molecular formula is C11H19N5O3. The molecule has 8 heteroatoms. The Balaban J connectivity index is 2.29. The quantitative estimate of drug-likeness (QED) is 0.581. The van der Waals surface area contributed by atoms with E-state index in [1.165, 1.54) is 4.90 Å². The minimum Gasteiger partial charge on any atom is -0.395 e. The van der Waals surface area contributed by atoms with Crippen LogP contribution in [0.2, 0.25) is 0 Å². The van der Waals surface area contributed by atoms with E-state index in [0.29, 0.717) is 5.96 Å². The molecule has 0 saturated carbocycles. The van der Waals surface area contributed by atoms with Gasteiger partial charge in [0.2, 0.25) is 0 Å². The number of carbonyl (C=O) groups is 2. The van der Waals surface area contributed by atoms with Gasteiger partial charge in [0.05, 0.1) is 6.61 Å². The van der Waals surface area contributed by atoms with Crippen LogP contribution in [0.3, 0.4) is 0 Å². The van der Waals surface area contributed by atoms with Gasteiger partial charge in [-0.25, -0.2) is 9.79 Å². The topological polar surface area (TPSA) is 97.3 Å². The number of β-amino-alcohol motifs (C(OH)–C–C–N with tert-alkyl or cyclic N) is 1. The van der Waals surface area contributed by atoms with E-state index < -0.39 is 18.2 Å². The van der Waals surface area contributed by atoms with Gasteiger partial charge in [-0.1, -0.05) is 0 Å². The van der Waals surface area contributed by atoms with Crippen molar-refractivity contribution in [3.63, 3.8) is 0 Å². The van der Waals surface area contributed by atoms with Gasteiger partial charge < -0.3 is 20.2 Å². The number of nitrogens with one attached hydrogen (secondary N) is 2. The number of amides is 3. The Labute approximate surface area is 111 Å². The Morgan fingerprint density at radius 3 is 2.74 bits per heavy atom. The third-order valence-corrected chi connectivity index (χ3v) is 3.12. The summed E-state index contributed by atoms with van der Waals surface area (Å²) in [6, 6.07) is -0.898. The fourth-order valence-electron chi connectivity index (χ4n) is 2.26. The van der Waals surface area contributed by atoms with Crippen LogP contribution in [0.25, 0.3) is 0 Å². The summed E-state index contributed by atoms with van der Waals surface area (Å²) in [5.41, 5.74) is 0. The zero-order valence-electron chi connectivity index (χ0n) is 11.3. The molecule has 2 aliphatic rings. The van der Waals surface area contributed by atoms with E-state index in [-0.39, 0.29) is 25.1 Å². The van der Waals surface area contributed by atoms with Crippen LogP contribution in [0.4, 0.5) is 4.79 Å². The molecule has 1 fully saturated rings. The van der Waals surface area contributed by atoms with Crippen molar-refractivity contribution in [3.8, 4) is 0 Å². The zero-order valence-corrected chi connectivity index (χ0v) is 11.3. The number of rotatable bonds is 3. The van der Waals surface area contributed by atoms with E-state index in [2.05, 4.69) is 15.6 Å². The maximum absolute atomic E-state index is 12.0. The minimum absolute atomic E-state index is 0.0903. The number of urea groups is 1. The second-order valence-electron chi connectivity index (χ2n) is 4.93. The van der Waals surface area contributed by atoms with Gasteiger partial charge in [0.1, 0.15) is 0 Å². The molecule has 0 aliphatic carbocycles. The number of imide groups is 1. The van der Waals surface area contributed by atoms with E-state index >= 15 is 0 Å². The van der Waals surface area contributed by atoms with Gasteiger partial charge in [-0.15, -0.1) is 0 Å². The number of hydrogen-bond acceptors (Lipinski definition) is 6. The van der Waals surface area contributed by atoms with E-state index in [9.17, 15) is 9.59 Å². The highest BCUT2D eigenvalue weighted by Crippen LogP contribution is 2.22. The molecule has 3 N–H and O–H groups in total. The first-order valence-corrected chi connectivity index (χ1v) is 6.25. The van der Waals surface area contributed by atoms with Crippen LogP contribution in [0.1, 0.15) is 13.8 Å². The van der Waals surface area contributed by atoms with Crippen LogP contribution in [0.5, 0.6) is 0 Å². The van der Waals surface area contributed by atoms with Crippen molar-refractivity contribution in [2.45, 2.75) is 32.1 Å². The Morgan fingerprint density at radius 2 is 2.16 bits per heavy atom. The van der Waals surface area contributed by atoms with Crippen molar-refractivity contribution in [1.29, 1.82) is 0 Å². The molecule has 0 bridgehead atoms. The molecule has 3 amide bonds. The monoisotopic (exact) mass is 269 g/mol. The number of aliphatic imine (C=N–C) groups is 1. The molecule has 0 aromatic heterocycles. The number of hydrogen-bond donors (Lipinski definition) is 3. The van der Waals surface area contributed by atoms with Crippen LogP contribution in [0, 0.1) is 0 Å². The second kappa shape index (κ2) is 5.04. The SMILES string of the molecule is CC(C)NC1=NC2C(C(=O)NC(=O)N2C)N1CCO. The Morgan fingerprint density at radius 1 is 1.47 bits per heavy atom. The maximum atomic E-state index is 12.0. The third kappa shape index (κ3) is 2.35. The van der Waals surface area contributed by atoms with Crippen molar-refractivity contribution in [2.24, 2.45) is 4.99 Å². The van der Waals surface area contributed by atoms with Crippen molar-refractivity contribution < 1.29 is 14.7 Å². The summed E-state index contributed by atoms with van der Waals surface area (Å²) in [4.78, 5) is 31.0. The van der Waals surface area contributed by atoms with Crippen LogP contribution in [-0.4, -0.2) is 71.3 Å². The minimum atomic E-state index is -0.587. The Kier molecular flexibility index (Phi) is 3.61. The predicted molar refractivity (Wildman–Crippen MR) is 68.4 cm³/mol. The normalized spacial score (nSPS) is 26.5. The highest BCUT2D eigenvalue weighted by Gasteiger charge is 2.48. The number of aliphatic hydroxyl groups is 1. The number of nitrogens with zero attached hydrogens (tertiary/aromatic N) is 3. The van der Waals surface area contributed by atoms with Gasteiger partial charge in [0.25, 0.3) is 5.91 Å². The number of aliphatic hydroxyl groups excluding tert-OH is 1. The average molecular weight is 269 g/mol. The molecule has 8 nitrogen and oxygen atoms in total. The Hall–Kier alpha value is -1.83. The van der Waals surface area contributed by atoms with Crippen LogP contribution in [0.15, 0.2) is 4.99 Å². The Bertz CT molecular complexity index is 423. The largest absolute Gasteiger partial charge is 0.395 e. The van der Waals surface area contributed by atoms with Gasteiger partial charge in [0, 0.05) is 19.6 Å². The number of carbonyl (C=O) groups excluding carboxylic acids is 2. The molecule has 0 aromatic carbocycles. The van der Waals surface area contributed by atoms with Gasteiger partial charge in [-0.05, 0) is 13.8 Å². The van der Waals surface area contributed by atoms with Crippen molar-refractivity contribution in [3.05, 3.63) is 0 Å². The zero-order chi connectivity index (χ0) is 14.2. The average Bonchev–Trinajstić information content (AvgIpc) is 2.66. The summed E-state index contributed by atoms with van der Waals surface area (Å²) in [7, 11) is 1.60. The molecule has 2 unspecified atom stereocenters. The number of fused-ring (bicyclic) bond motifs is 1. The summed E-state index contributed by atoms with van der Waals surface area (Å²) < 4.78 is 0. The first kappa shape index (κ1) is 13.6. The number of guanidine groups is 1. The van der Waals surface area contributed by atoms with Crippen molar-refractivity contribution in [1.82, 2.24) is 20.4 Å². The van der Waals surface area contributed by atoms with Crippen LogP contribution in [-0.2, 0) is 4.79 Å². The van der Waals surface area contributed by atoms with E-state index in [4.69, 9.17) is 5.11 Å². The predicted octanol–water partition coefficient (Wildman–Crippen LogP) is -1.48. The van der Waals surface area contributed by atoms with Crippen LogP contribution >= 0.6 is 0 Å². The molecule has 2 aliphatic heterocycles. The molecule has 2 rings (SSSR count). The van der Waals surface area contributed by atoms with Gasteiger partial charge in [-0.3, -0.25) is 10.1 Å². The van der Waals surface area contributed by atoms with E-state index in [1.54, 1.807) is 11.9 Å². The lowest BCUT2D eigenvalue weighted by Crippen LogP contribution is -2.64. The molecule has 2 atom stereocenters. The maximum Gasteiger partial charge on any atom is 0.325 e. The molecule has 1 saturated heterocycles. The second-order valence-corrected chi connectivity index (χ2v) is 4.93. The van der Waals surface area contributed by atoms with Crippen molar-refractivity contribution >= 4 is 17.9 Å². The van der Waals surface area contributed by atoms with Gasteiger partial charge >= 0.3 is 6.03 Å². The summed E-state index contributed by atoms with van der Waals surface area (Å²) in [6.07, 6.45) is -0.547. The van der Waals surface area contributed by atoms with E-state index in [0.717, 1.165) is 0 Å². The summed E-state index contributed by atoms with van der Waals surface area (Å²) in [6.45, 7) is 4.11. The lowest BCUT2D eigenvalue weighted by Gasteiger charge is -2.36. The molecule has 106 valence electrons. The third-order valence-electron chi connectivity index (χ3n) is 3.12. The molecule has 2 heterocycles. The fourth-order valence-corrected chi connectivity index (χ4v) is 2.26. The van der Waals surface area contributed by atoms with Gasteiger partial charge in [-0.2, -0.15) is 0 Å². The number of likely N-dealkylation sites (N-methyl/N-ethyl adjacent to an activating group) is 1. The van der Waals surface area contributed by atoms with Crippen LogP contribution < -0.4 is 10.6 Å². The summed E-state index contributed by atoms with van der Waals surface area (Å²) in [5, 5.41) is 14.6. The first-order chi connectivity index (χ1) is 8.95. The molecule has 0 spiro atoms. The highest BCUT2D eigenvalue weighted by molar-refractivity contribution is 6.03. The smallest absolute Gasteiger partial charge is 0.325 e. The standard InChI is InChI=1S/C11H19N5O3/c1-6(2)12-10-13-8-7(16(10)4-5-17)9(18)14-11(19)15(8)3/h6-8,17H,4-5H2,1-3H3,(H,12,13)(H,14,18,19). The van der Waals surface area contributed by atoms with Crippen molar-refractivity contribution in [2.75, 3.05) is 20.2 Å². The van der Waals surface area contributed by atoms with E-state index in [1.807, 2.05) is 13.8 Å². The summed E-state index contributed by atoms with van der Waals surface area (Å²) >= 11 is 0. The first-order valence-electron chi connectivity index (χ1n) is 6.25. The molecule has 19 heavy (non-hydrogen) atoms. The lowest BCUT2D eigenvalue weighted by molar-refractivity contribution is -0.127. The highest BCUT2D eigenvalue weighted by atomic mass is 16.3. The summed E-state index contributed by atoms with van der Waals surface area (Å²) in [5.74, 6) is 0.154.